The summed E-state index contributed by atoms with van der Waals surface area (Å²) < 4.78 is 0. The van der Waals surface area contributed by atoms with Gasteiger partial charge in [-0.1, -0.05) is 13.8 Å². The van der Waals surface area contributed by atoms with E-state index in [9.17, 15) is 0 Å². The van der Waals surface area contributed by atoms with Gasteiger partial charge in [0, 0.05) is 12.1 Å². The van der Waals surface area contributed by atoms with Gasteiger partial charge in [0.15, 0.2) is 0 Å². The molecular weight excluding hydrogens is 138 g/mol. The van der Waals surface area contributed by atoms with E-state index in [1.54, 1.807) is 0 Å². The Labute approximate surface area is 69.0 Å². The van der Waals surface area contributed by atoms with Crippen LogP contribution in [0, 0.1) is 5.92 Å². The fraction of sp³-hybridized carbons (Fsp3) is 1.00. The minimum atomic E-state index is 0.300. The molecule has 2 unspecified atom stereocenters. The highest BCUT2D eigenvalue weighted by Crippen LogP contribution is 2.17. The molecule has 1 fully saturated rings. The quantitative estimate of drug-likeness (QED) is 0.644. The monoisotopic (exact) mass is 157 g/mol. The summed E-state index contributed by atoms with van der Waals surface area (Å²) in [7, 11) is 0. The maximum Gasteiger partial charge on any atom is 0.0584 e. The molecule has 11 heavy (non-hydrogen) atoms. The van der Waals surface area contributed by atoms with Crippen LogP contribution in [0.15, 0.2) is 0 Å². The second-order valence-corrected chi connectivity index (χ2v) is 3.95. The lowest BCUT2D eigenvalue weighted by Crippen LogP contribution is -2.32. The minimum Gasteiger partial charge on any atom is -0.395 e. The summed E-state index contributed by atoms with van der Waals surface area (Å²) >= 11 is 0. The van der Waals surface area contributed by atoms with E-state index in [2.05, 4.69) is 19.2 Å². The molecular formula is C9H19NO. The van der Waals surface area contributed by atoms with Crippen LogP contribution in [0.2, 0.25) is 0 Å². The molecule has 2 heteroatoms. The van der Waals surface area contributed by atoms with Crippen LogP contribution in [-0.2, 0) is 0 Å². The number of nitrogens with one attached hydrogen (secondary N) is 1. The summed E-state index contributed by atoms with van der Waals surface area (Å²) in [6.07, 6.45) is 3.63. The predicted octanol–water partition coefficient (Wildman–Crippen LogP) is 1.15. The molecule has 0 aromatic heterocycles. The normalized spacial score (nSPS) is 31.6. The van der Waals surface area contributed by atoms with E-state index in [0.29, 0.717) is 18.7 Å². The SMILES string of the molecule is CC(C)CC1CCC(CO)N1. The van der Waals surface area contributed by atoms with E-state index >= 15 is 0 Å². The molecule has 1 heterocycles. The Morgan fingerprint density at radius 1 is 1.36 bits per heavy atom. The zero-order chi connectivity index (χ0) is 8.27. The standard InChI is InChI=1S/C9H19NO/c1-7(2)5-8-3-4-9(6-11)10-8/h7-11H,3-6H2,1-2H3. The van der Waals surface area contributed by atoms with Crippen molar-refractivity contribution in [1.82, 2.24) is 5.32 Å². The van der Waals surface area contributed by atoms with E-state index in [4.69, 9.17) is 5.11 Å². The molecule has 1 rings (SSSR count). The molecule has 1 saturated heterocycles. The topological polar surface area (TPSA) is 32.3 Å². The molecule has 0 radical (unpaired) electrons. The van der Waals surface area contributed by atoms with Crippen LogP contribution in [-0.4, -0.2) is 23.8 Å². The van der Waals surface area contributed by atoms with Crippen LogP contribution < -0.4 is 5.32 Å². The average molecular weight is 157 g/mol. The first-order valence-corrected chi connectivity index (χ1v) is 4.59. The van der Waals surface area contributed by atoms with Crippen LogP contribution in [0.3, 0.4) is 0 Å². The number of rotatable bonds is 3. The molecule has 0 spiro atoms. The lowest BCUT2D eigenvalue weighted by atomic mass is 10.0. The minimum absolute atomic E-state index is 0.300. The number of aliphatic hydroxyl groups excluding tert-OH is 1. The van der Waals surface area contributed by atoms with E-state index in [1.807, 2.05) is 0 Å². The smallest absolute Gasteiger partial charge is 0.0584 e. The van der Waals surface area contributed by atoms with Crippen molar-refractivity contribution < 1.29 is 5.11 Å². The zero-order valence-corrected chi connectivity index (χ0v) is 7.51. The Balaban J connectivity index is 2.19. The highest BCUT2D eigenvalue weighted by atomic mass is 16.3. The highest BCUT2D eigenvalue weighted by Gasteiger charge is 2.22. The molecule has 0 aromatic rings. The first-order chi connectivity index (χ1) is 5.22. The second kappa shape index (κ2) is 4.07. The van der Waals surface area contributed by atoms with E-state index < -0.39 is 0 Å². The summed E-state index contributed by atoms with van der Waals surface area (Å²) in [5.74, 6) is 0.768. The molecule has 0 bridgehead atoms. The molecule has 1 aliphatic heterocycles. The Bertz CT molecular complexity index is 114. The van der Waals surface area contributed by atoms with Crippen molar-refractivity contribution in [3.05, 3.63) is 0 Å². The molecule has 2 N–H and O–H groups in total. The predicted molar refractivity (Wildman–Crippen MR) is 46.5 cm³/mol. The van der Waals surface area contributed by atoms with Crippen molar-refractivity contribution in [2.75, 3.05) is 6.61 Å². The van der Waals surface area contributed by atoms with Crippen LogP contribution in [0.25, 0.3) is 0 Å². The van der Waals surface area contributed by atoms with Crippen LogP contribution >= 0.6 is 0 Å². The number of hydrogen-bond acceptors (Lipinski definition) is 2. The third-order valence-corrected chi connectivity index (χ3v) is 2.31. The van der Waals surface area contributed by atoms with Crippen LogP contribution in [0.4, 0.5) is 0 Å². The summed E-state index contributed by atoms with van der Waals surface area (Å²) in [5, 5.41) is 12.3. The van der Waals surface area contributed by atoms with Crippen molar-refractivity contribution >= 4 is 0 Å². The van der Waals surface area contributed by atoms with Gasteiger partial charge >= 0.3 is 0 Å². The third kappa shape index (κ3) is 2.80. The van der Waals surface area contributed by atoms with Crippen molar-refractivity contribution in [3.8, 4) is 0 Å². The largest absolute Gasteiger partial charge is 0.395 e. The van der Waals surface area contributed by atoms with Crippen LogP contribution in [0.1, 0.15) is 33.1 Å². The molecule has 0 aliphatic carbocycles. The number of hydrogen-bond donors (Lipinski definition) is 2. The maximum absolute atomic E-state index is 8.86. The zero-order valence-electron chi connectivity index (χ0n) is 7.51. The van der Waals surface area contributed by atoms with Gasteiger partial charge in [-0.05, 0) is 25.2 Å². The Kier molecular flexibility index (Phi) is 3.34. The third-order valence-electron chi connectivity index (χ3n) is 2.31. The molecule has 0 amide bonds. The van der Waals surface area contributed by atoms with Gasteiger partial charge in [0.2, 0.25) is 0 Å². The van der Waals surface area contributed by atoms with Gasteiger partial charge in [-0.25, -0.2) is 0 Å². The first-order valence-electron chi connectivity index (χ1n) is 4.59. The summed E-state index contributed by atoms with van der Waals surface area (Å²) in [5.41, 5.74) is 0. The van der Waals surface area contributed by atoms with Crippen LogP contribution in [0.5, 0.6) is 0 Å². The van der Waals surface area contributed by atoms with Gasteiger partial charge in [0.05, 0.1) is 6.61 Å². The van der Waals surface area contributed by atoms with E-state index in [-0.39, 0.29) is 0 Å². The van der Waals surface area contributed by atoms with Gasteiger partial charge in [-0.15, -0.1) is 0 Å². The van der Waals surface area contributed by atoms with Crippen molar-refractivity contribution in [3.63, 3.8) is 0 Å². The lowest BCUT2D eigenvalue weighted by Gasteiger charge is -2.14. The molecule has 2 atom stereocenters. The average Bonchev–Trinajstić information content (AvgIpc) is 2.34. The van der Waals surface area contributed by atoms with Crippen molar-refractivity contribution in [2.45, 2.75) is 45.2 Å². The van der Waals surface area contributed by atoms with E-state index in [1.165, 1.54) is 12.8 Å². The summed E-state index contributed by atoms with van der Waals surface area (Å²) in [6, 6.07) is 1.03. The van der Waals surface area contributed by atoms with Gasteiger partial charge < -0.3 is 10.4 Å². The molecule has 0 aromatic carbocycles. The Morgan fingerprint density at radius 2 is 2.00 bits per heavy atom. The maximum atomic E-state index is 8.86. The molecule has 2 nitrogen and oxygen atoms in total. The highest BCUT2D eigenvalue weighted by molar-refractivity contribution is 4.83. The Morgan fingerprint density at radius 3 is 2.45 bits per heavy atom. The van der Waals surface area contributed by atoms with Crippen molar-refractivity contribution in [2.24, 2.45) is 5.92 Å². The van der Waals surface area contributed by atoms with Gasteiger partial charge in [0.1, 0.15) is 0 Å². The fourth-order valence-corrected chi connectivity index (χ4v) is 1.80. The lowest BCUT2D eigenvalue weighted by molar-refractivity contribution is 0.249. The molecule has 1 aliphatic rings. The first kappa shape index (κ1) is 9.01. The van der Waals surface area contributed by atoms with Gasteiger partial charge in [-0.2, -0.15) is 0 Å². The van der Waals surface area contributed by atoms with Crippen molar-refractivity contribution in [1.29, 1.82) is 0 Å². The van der Waals surface area contributed by atoms with E-state index in [0.717, 1.165) is 12.3 Å². The number of aliphatic hydroxyl groups is 1. The molecule has 66 valence electrons. The van der Waals surface area contributed by atoms with Gasteiger partial charge in [-0.3, -0.25) is 0 Å². The fourth-order valence-electron chi connectivity index (χ4n) is 1.80. The second-order valence-electron chi connectivity index (χ2n) is 3.95. The molecule has 0 saturated carbocycles. The Hall–Kier alpha value is -0.0800. The summed E-state index contributed by atoms with van der Waals surface area (Å²) in [4.78, 5) is 0. The summed E-state index contributed by atoms with van der Waals surface area (Å²) in [6.45, 7) is 4.79. The van der Waals surface area contributed by atoms with Gasteiger partial charge in [0.25, 0.3) is 0 Å².